The molecule has 8 heteroatoms. The maximum atomic E-state index is 9.28. The summed E-state index contributed by atoms with van der Waals surface area (Å²) in [5, 5.41) is 13.7. The zero-order chi connectivity index (χ0) is 19.9. The second-order valence-electron chi connectivity index (χ2n) is 6.19. The van der Waals surface area contributed by atoms with E-state index in [9.17, 15) is 5.26 Å². The van der Waals surface area contributed by atoms with E-state index < -0.39 is 0 Å². The van der Waals surface area contributed by atoms with Crippen LogP contribution in [0.3, 0.4) is 0 Å². The van der Waals surface area contributed by atoms with Crippen molar-refractivity contribution in [3.8, 4) is 6.07 Å². The van der Waals surface area contributed by atoms with E-state index in [-0.39, 0.29) is 0 Å². The normalized spacial score (nSPS) is 12.0. The molecule has 0 aliphatic heterocycles. The number of hydrogen-bond donors (Lipinski definition) is 1. The van der Waals surface area contributed by atoms with Gasteiger partial charge < -0.3 is 5.73 Å². The molecule has 2 N–H and O–H groups in total. The quantitative estimate of drug-likeness (QED) is 0.635. The first-order valence-corrected chi connectivity index (χ1v) is 9.23. The predicted octanol–water partition coefficient (Wildman–Crippen LogP) is 2.69. The van der Waals surface area contributed by atoms with Gasteiger partial charge in [-0.1, -0.05) is 20.3 Å². The van der Waals surface area contributed by atoms with Gasteiger partial charge in [-0.15, -0.1) is 5.10 Å². The smallest absolute Gasteiger partial charge is 0.170 e. The molecule has 0 saturated heterocycles. The summed E-state index contributed by atoms with van der Waals surface area (Å²) in [6.07, 6.45) is 9.44. The summed E-state index contributed by atoms with van der Waals surface area (Å²) < 4.78 is 1.73. The Hall–Kier alpha value is -3.60. The lowest BCUT2D eigenvalue weighted by Gasteiger charge is -2.09. The summed E-state index contributed by atoms with van der Waals surface area (Å²) in [5.41, 5.74) is 9.45. The lowest BCUT2D eigenvalue weighted by molar-refractivity contribution is 0.830. The summed E-state index contributed by atoms with van der Waals surface area (Å²) in [5.74, 6) is 1.16. The first kappa shape index (κ1) is 19.2. The molecule has 3 aromatic heterocycles. The largest absolute Gasteiger partial charge is 0.405 e. The van der Waals surface area contributed by atoms with E-state index in [0.717, 1.165) is 42.0 Å². The van der Waals surface area contributed by atoms with Crippen molar-refractivity contribution in [1.82, 2.24) is 24.6 Å². The summed E-state index contributed by atoms with van der Waals surface area (Å²) in [6, 6.07) is 5.51. The maximum Gasteiger partial charge on any atom is 0.170 e. The molecule has 0 unspecified atom stereocenters. The monoisotopic (exact) mass is 374 g/mol. The van der Waals surface area contributed by atoms with Crippen LogP contribution in [0, 0.1) is 11.3 Å². The molecule has 0 aliphatic carbocycles. The van der Waals surface area contributed by atoms with Crippen LogP contribution in [0.25, 0.3) is 5.65 Å². The molecular weight excluding hydrogens is 352 g/mol. The van der Waals surface area contributed by atoms with Crippen LogP contribution in [0.5, 0.6) is 0 Å². The molecule has 0 spiro atoms. The van der Waals surface area contributed by atoms with Gasteiger partial charge in [0.05, 0.1) is 17.0 Å². The highest BCUT2D eigenvalue weighted by molar-refractivity contribution is 5.98. The molecule has 3 rings (SSSR count). The molecule has 0 saturated carbocycles. The van der Waals surface area contributed by atoms with Crippen molar-refractivity contribution in [1.29, 1.82) is 5.26 Å². The Labute approximate surface area is 163 Å². The Morgan fingerprint density at radius 3 is 2.93 bits per heavy atom. The number of fused-ring (bicyclic) bond motifs is 1. The van der Waals surface area contributed by atoms with Crippen molar-refractivity contribution >= 4 is 17.2 Å². The van der Waals surface area contributed by atoms with E-state index in [4.69, 9.17) is 5.73 Å². The summed E-state index contributed by atoms with van der Waals surface area (Å²) in [7, 11) is 0. The molecule has 3 heterocycles. The molecular formula is C20H22N8. The summed E-state index contributed by atoms with van der Waals surface area (Å²) >= 11 is 0. The molecule has 8 nitrogen and oxygen atoms in total. The Kier molecular flexibility index (Phi) is 6.07. The fourth-order valence-corrected chi connectivity index (χ4v) is 2.92. The van der Waals surface area contributed by atoms with Crippen LogP contribution in [0.1, 0.15) is 42.9 Å². The average molecular weight is 374 g/mol. The second kappa shape index (κ2) is 8.86. The van der Waals surface area contributed by atoms with Crippen molar-refractivity contribution in [3.63, 3.8) is 0 Å². The van der Waals surface area contributed by atoms with Crippen molar-refractivity contribution < 1.29 is 0 Å². The van der Waals surface area contributed by atoms with Crippen molar-refractivity contribution in [2.24, 2.45) is 10.7 Å². The predicted molar refractivity (Wildman–Crippen MR) is 107 cm³/mol. The molecule has 3 aromatic rings. The third-order valence-electron chi connectivity index (χ3n) is 4.23. The highest BCUT2D eigenvalue weighted by Crippen LogP contribution is 2.19. The molecule has 142 valence electrons. The number of aromatic nitrogens is 5. The maximum absolute atomic E-state index is 9.28. The Bertz CT molecular complexity index is 1070. The SMILES string of the molecule is CCCc1c(CC(C=CN)=Nc2ncccc2C#N)ncn2nc(CC)nc12. The van der Waals surface area contributed by atoms with E-state index in [0.29, 0.717) is 23.5 Å². The van der Waals surface area contributed by atoms with Gasteiger partial charge in [0.1, 0.15) is 12.4 Å². The molecule has 0 amide bonds. The van der Waals surface area contributed by atoms with Gasteiger partial charge in [-0.25, -0.2) is 24.5 Å². The van der Waals surface area contributed by atoms with E-state index in [1.807, 2.05) is 6.92 Å². The number of aryl methyl sites for hydroxylation is 2. The highest BCUT2D eigenvalue weighted by Gasteiger charge is 2.15. The third-order valence-corrected chi connectivity index (χ3v) is 4.23. The number of allylic oxidation sites excluding steroid dienone is 1. The lowest BCUT2D eigenvalue weighted by Crippen LogP contribution is -2.09. The van der Waals surface area contributed by atoms with Crippen LogP contribution >= 0.6 is 0 Å². The van der Waals surface area contributed by atoms with Crippen molar-refractivity contribution in [2.75, 3.05) is 0 Å². The first-order valence-electron chi connectivity index (χ1n) is 9.23. The molecule has 0 aromatic carbocycles. The lowest BCUT2D eigenvalue weighted by atomic mass is 10.0. The minimum absolute atomic E-state index is 0.368. The van der Waals surface area contributed by atoms with Gasteiger partial charge in [0.15, 0.2) is 17.3 Å². The van der Waals surface area contributed by atoms with Gasteiger partial charge in [0.2, 0.25) is 0 Å². The zero-order valence-electron chi connectivity index (χ0n) is 16.0. The fourth-order valence-electron chi connectivity index (χ4n) is 2.92. The first-order chi connectivity index (χ1) is 13.7. The van der Waals surface area contributed by atoms with E-state index >= 15 is 0 Å². The number of nitrogens with two attached hydrogens (primary N) is 1. The standard InChI is InChI=1S/C20H22N8/c1-3-6-16-17(24-13-28-20(16)26-18(4-2)27-28)11-15(8-9-21)25-19-14(12-22)7-5-10-23-19/h5,7-10,13H,3-4,6,11,21H2,1-2H3. The number of nitriles is 1. The molecule has 28 heavy (non-hydrogen) atoms. The number of aliphatic imine (C=N–C) groups is 1. The van der Waals surface area contributed by atoms with Crippen LogP contribution in [0.4, 0.5) is 5.82 Å². The molecule has 0 fully saturated rings. The molecule has 0 bridgehead atoms. The van der Waals surface area contributed by atoms with Gasteiger partial charge in [0, 0.05) is 24.6 Å². The summed E-state index contributed by atoms with van der Waals surface area (Å²) in [4.78, 5) is 18.0. The van der Waals surface area contributed by atoms with E-state index in [2.05, 4.69) is 38.0 Å². The van der Waals surface area contributed by atoms with Gasteiger partial charge in [-0.05, 0) is 30.8 Å². The van der Waals surface area contributed by atoms with Gasteiger partial charge in [0.25, 0.3) is 0 Å². The van der Waals surface area contributed by atoms with E-state index in [1.165, 1.54) is 6.20 Å². The number of pyridine rings is 1. The van der Waals surface area contributed by atoms with Gasteiger partial charge in [-0.2, -0.15) is 5.26 Å². The van der Waals surface area contributed by atoms with Crippen LogP contribution in [0.2, 0.25) is 0 Å². The third kappa shape index (κ3) is 4.04. The second-order valence-corrected chi connectivity index (χ2v) is 6.19. The van der Waals surface area contributed by atoms with Crippen molar-refractivity contribution in [2.45, 2.75) is 39.5 Å². The van der Waals surface area contributed by atoms with Crippen molar-refractivity contribution in [3.05, 3.63) is 59.6 Å². The fraction of sp³-hybridized carbons (Fsp3) is 0.300. The average Bonchev–Trinajstić information content (AvgIpc) is 3.14. The molecule has 0 radical (unpaired) electrons. The molecule has 0 aliphatic rings. The van der Waals surface area contributed by atoms with Crippen LogP contribution in [0.15, 0.2) is 41.9 Å². The van der Waals surface area contributed by atoms with Crippen LogP contribution in [-0.2, 0) is 19.3 Å². The van der Waals surface area contributed by atoms with Crippen LogP contribution in [-0.4, -0.2) is 30.3 Å². The molecule has 0 atom stereocenters. The minimum Gasteiger partial charge on any atom is -0.405 e. The van der Waals surface area contributed by atoms with Gasteiger partial charge in [-0.3, -0.25) is 0 Å². The van der Waals surface area contributed by atoms with Gasteiger partial charge >= 0.3 is 0 Å². The number of nitrogens with zero attached hydrogens (tertiary/aromatic N) is 7. The van der Waals surface area contributed by atoms with Crippen LogP contribution < -0.4 is 5.73 Å². The zero-order valence-corrected chi connectivity index (χ0v) is 16.0. The Morgan fingerprint density at radius 2 is 2.21 bits per heavy atom. The van der Waals surface area contributed by atoms with E-state index in [1.54, 1.807) is 35.2 Å². The number of hydrogen-bond acceptors (Lipinski definition) is 7. The summed E-state index contributed by atoms with van der Waals surface area (Å²) in [6.45, 7) is 4.14. The Balaban J connectivity index is 2.06. The Morgan fingerprint density at radius 1 is 1.36 bits per heavy atom. The highest BCUT2D eigenvalue weighted by atomic mass is 15.3. The number of rotatable bonds is 7. The topological polar surface area (TPSA) is 118 Å². The minimum atomic E-state index is 0.368.